The Balaban J connectivity index is 1.78. The first kappa shape index (κ1) is 30.5. The third-order valence-electron chi connectivity index (χ3n) is 6.14. The molecule has 11 heteroatoms. The molecule has 0 bridgehead atoms. The molecular weight excluding hydrogens is 514 g/mol. The molecule has 1 N–H and O–H groups in total. The molecule has 11 nitrogen and oxygen atoms in total. The van der Waals surface area contributed by atoms with Crippen LogP contribution in [-0.2, 0) is 19.1 Å². The summed E-state index contributed by atoms with van der Waals surface area (Å²) in [5.41, 5.74) is 1.85. The highest BCUT2D eigenvalue weighted by Crippen LogP contribution is 2.18. The van der Waals surface area contributed by atoms with Crippen LogP contribution in [0.2, 0.25) is 0 Å². The zero-order valence-electron chi connectivity index (χ0n) is 24.2. The second kappa shape index (κ2) is 13.4. The number of carbonyl (C=O) groups is 4. The summed E-state index contributed by atoms with van der Waals surface area (Å²) in [7, 11) is 0. The maximum absolute atomic E-state index is 13.5. The normalized spacial score (nSPS) is 14.3. The number of piperazine rings is 1. The molecular formula is C29H39N5O6. The molecule has 0 aliphatic carbocycles. The largest absolute Gasteiger partial charge is 0.460 e. The van der Waals surface area contributed by atoms with Crippen molar-refractivity contribution in [3.8, 4) is 11.4 Å². The monoisotopic (exact) mass is 553 g/mol. The first-order valence-electron chi connectivity index (χ1n) is 13.5. The molecule has 216 valence electrons. The summed E-state index contributed by atoms with van der Waals surface area (Å²) in [6, 6.07) is 8.21. The molecule has 1 aliphatic heterocycles. The van der Waals surface area contributed by atoms with Crippen LogP contribution in [0.5, 0.6) is 0 Å². The molecule has 3 rings (SSSR count). The highest BCUT2D eigenvalue weighted by molar-refractivity contribution is 5.96. The number of hydrogen-bond donors (Lipinski definition) is 1. The highest BCUT2D eigenvalue weighted by atomic mass is 16.6. The minimum atomic E-state index is -0.994. The smallest absolute Gasteiger partial charge is 0.409 e. The number of esters is 1. The molecule has 3 amide bonds. The summed E-state index contributed by atoms with van der Waals surface area (Å²) in [5.74, 6) is -0.955. The number of rotatable bonds is 8. The number of amides is 3. The van der Waals surface area contributed by atoms with Crippen molar-refractivity contribution in [3.63, 3.8) is 0 Å². The van der Waals surface area contributed by atoms with Gasteiger partial charge in [0, 0.05) is 43.9 Å². The van der Waals surface area contributed by atoms with Gasteiger partial charge in [-0.25, -0.2) is 14.8 Å². The number of nitrogens with one attached hydrogen (secondary N) is 1. The summed E-state index contributed by atoms with van der Waals surface area (Å²) >= 11 is 0. The Hall–Kier alpha value is -4.02. The van der Waals surface area contributed by atoms with Gasteiger partial charge in [0.25, 0.3) is 5.91 Å². The number of ether oxygens (including phenoxy) is 2. The van der Waals surface area contributed by atoms with Gasteiger partial charge < -0.3 is 24.6 Å². The maximum atomic E-state index is 13.5. The Morgan fingerprint density at radius 3 is 2.30 bits per heavy atom. The first-order valence-corrected chi connectivity index (χ1v) is 13.5. The van der Waals surface area contributed by atoms with Gasteiger partial charge in [-0.05, 0) is 60.1 Å². The van der Waals surface area contributed by atoms with Crippen LogP contribution in [-0.4, -0.2) is 88.1 Å². The van der Waals surface area contributed by atoms with Crippen LogP contribution in [0.25, 0.3) is 11.4 Å². The molecule has 40 heavy (non-hydrogen) atoms. The maximum Gasteiger partial charge on any atom is 0.409 e. The fraction of sp³-hybridized carbons (Fsp3) is 0.517. The number of carbonyl (C=O) groups excluding carboxylic acids is 4. The van der Waals surface area contributed by atoms with Crippen molar-refractivity contribution >= 4 is 23.9 Å². The van der Waals surface area contributed by atoms with Crippen LogP contribution in [0.4, 0.5) is 4.79 Å². The van der Waals surface area contributed by atoms with Gasteiger partial charge >= 0.3 is 12.1 Å². The summed E-state index contributed by atoms with van der Waals surface area (Å²) < 4.78 is 10.5. The van der Waals surface area contributed by atoms with Crippen LogP contribution in [0, 0.1) is 13.8 Å². The molecule has 1 saturated heterocycles. The summed E-state index contributed by atoms with van der Waals surface area (Å²) in [6.45, 7) is 12.2. The Labute approximate surface area is 235 Å². The molecule has 1 aliphatic rings. The van der Waals surface area contributed by atoms with E-state index in [0.29, 0.717) is 24.6 Å². The Morgan fingerprint density at radius 1 is 1.00 bits per heavy atom. The molecule has 1 atom stereocenters. The molecule has 0 saturated carbocycles. The number of aryl methyl sites for hydroxylation is 2. The molecule has 1 aromatic heterocycles. The molecule has 1 aromatic carbocycles. The van der Waals surface area contributed by atoms with E-state index in [2.05, 4.69) is 15.3 Å². The second-order valence-electron chi connectivity index (χ2n) is 10.8. The average molecular weight is 554 g/mol. The van der Waals surface area contributed by atoms with E-state index in [4.69, 9.17) is 9.47 Å². The van der Waals surface area contributed by atoms with Crippen LogP contribution in [0.3, 0.4) is 0 Å². The minimum Gasteiger partial charge on any atom is -0.460 e. The van der Waals surface area contributed by atoms with Crippen molar-refractivity contribution in [2.45, 2.75) is 66.0 Å². The van der Waals surface area contributed by atoms with Crippen LogP contribution in [0.1, 0.15) is 62.3 Å². The molecule has 2 heterocycles. The number of aromatic nitrogens is 2. The van der Waals surface area contributed by atoms with Gasteiger partial charge in [-0.2, -0.15) is 0 Å². The third kappa shape index (κ3) is 8.75. The lowest BCUT2D eigenvalue weighted by atomic mass is 10.1. The Bertz CT molecular complexity index is 1230. The van der Waals surface area contributed by atoms with E-state index in [9.17, 15) is 19.2 Å². The quantitative estimate of drug-likeness (QED) is 0.493. The highest BCUT2D eigenvalue weighted by Gasteiger charge is 2.32. The van der Waals surface area contributed by atoms with Crippen molar-refractivity contribution in [2.24, 2.45) is 0 Å². The van der Waals surface area contributed by atoms with E-state index < -0.39 is 29.6 Å². The van der Waals surface area contributed by atoms with Crippen molar-refractivity contribution in [1.29, 1.82) is 0 Å². The third-order valence-corrected chi connectivity index (χ3v) is 6.14. The van der Waals surface area contributed by atoms with Crippen molar-refractivity contribution in [3.05, 3.63) is 47.3 Å². The van der Waals surface area contributed by atoms with Gasteiger partial charge in [0.2, 0.25) is 5.91 Å². The van der Waals surface area contributed by atoms with Gasteiger partial charge in [-0.1, -0.05) is 23.8 Å². The standard InChI is InChI=1S/C29H39N5O6/c1-7-39-28(38)34-15-13-33(14-16-34)27(37)22(11-12-24(35)40-29(4,5)6)32-26(36)23-18-20(3)30-25(31-23)21-10-8-9-19(2)17-21/h8-10,17-18,22H,7,11-16H2,1-6H3,(H,32,36). The topological polar surface area (TPSA) is 131 Å². The van der Waals surface area contributed by atoms with Crippen LogP contribution < -0.4 is 5.32 Å². The summed E-state index contributed by atoms with van der Waals surface area (Å²) in [4.78, 5) is 63.5. The molecule has 1 unspecified atom stereocenters. The van der Waals surface area contributed by atoms with Gasteiger partial charge in [-0.15, -0.1) is 0 Å². The predicted octanol–water partition coefficient (Wildman–Crippen LogP) is 3.28. The molecule has 1 fully saturated rings. The van der Waals surface area contributed by atoms with E-state index >= 15 is 0 Å². The predicted molar refractivity (Wildman–Crippen MR) is 148 cm³/mol. The van der Waals surface area contributed by atoms with Crippen LogP contribution >= 0.6 is 0 Å². The van der Waals surface area contributed by atoms with E-state index in [-0.39, 0.29) is 44.1 Å². The van der Waals surface area contributed by atoms with Crippen LogP contribution in [0.15, 0.2) is 30.3 Å². The first-order chi connectivity index (χ1) is 18.9. The zero-order chi connectivity index (χ0) is 29.4. The van der Waals surface area contributed by atoms with Gasteiger partial charge in [0.1, 0.15) is 17.3 Å². The van der Waals surface area contributed by atoms with E-state index in [1.807, 2.05) is 31.2 Å². The summed E-state index contributed by atoms with van der Waals surface area (Å²) in [5, 5.41) is 2.79. The lowest BCUT2D eigenvalue weighted by Gasteiger charge is -2.36. The van der Waals surface area contributed by atoms with Crippen molar-refractivity contribution in [1.82, 2.24) is 25.1 Å². The summed E-state index contributed by atoms with van der Waals surface area (Å²) in [6.07, 6.45) is -0.437. The van der Waals surface area contributed by atoms with Gasteiger partial charge in [0.15, 0.2) is 5.82 Å². The molecule has 0 spiro atoms. The van der Waals surface area contributed by atoms with Crippen molar-refractivity contribution in [2.75, 3.05) is 32.8 Å². The second-order valence-corrected chi connectivity index (χ2v) is 10.8. The SMILES string of the molecule is CCOC(=O)N1CCN(C(=O)C(CCC(=O)OC(C)(C)C)NC(=O)c2cc(C)nc(-c3cccc(C)c3)n2)CC1. The fourth-order valence-corrected chi connectivity index (χ4v) is 4.29. The Morgan fingerprint density at radius 2 is 1.68 bits per heavy atom. The number of nitrogens with zero attached hydrogens (tertiary/aromatic N) is 4. The van der Waals surface area contributed by atoms with E-state index in [0.717, 1.165) is 11.1 Å². The number of benzene rings is 1. The van der Waals surface area contributed by atoms with E-state index in [1.54, 1.807) is 45.6 Å². The fourth-order valence-electron chi connectivity index (χ4n) is 4.29. The van der Waals surface area contributed by atoms with Gasteiger partial charge in [0.05, 0.1) is 6.61 Å². The average Bonchev–Trinajstić information content (AvgIpc) is 2.89. The van der Waals surface area contributed by atoms with Gasteiger partial charge in [-0.3, -0.25) is 14.4 Å². The Kier molecular flexibility index (Phi) is 10.2. The molecule has 0 radical (unpaired) electrons. The van der Waals surface area contributed by atoms with Crippen molar-refractivity contribution < 1.29 is 28.7 Å². The van der Waals surface area contributed by atoms with E-state index in [1.165, 1.54) is 4.90 Å². The lowest BCUT2D eigenvalue weighted by molar-refractivity contribution is -0.155. The number of hydrogen-bond acceptors (Lipinski definition) is 8. The lowest BCUT2D eigenvalue weighted by Crippen LogP contribution is -2.56. The molecule has 2 aromatic rings. The zero-order valence-corrected chi connectivity index (χ0v) is 24.2. The minimum absolute atomic E-state index is 0.0480.